The Kier molecular flexibility index (Phi) is 2.27. The van der Waals surface area contributed by atoms with Crippen LogP contribution < -0.4 is 0 Å². The zero-order valence-corrected chi connectivity index (χ0v) is 9.21. The third kappa shape index (κ3) is 1.52. The Morgan fingerprint density at radius 2 is 2.00 bits per heavy atom. The molecule has 2 heterocycles. The lowest BCUT2D eigenvalue weighted by Crippen LogP contribution is -1.87. The van der Waals surface area contributed by atoms with E-state index in [2.05, 4.69) is 16.2 Å². The van der Waals surface area contributed by atoms with Crippen molar-refractivity contribution in [2.24, 2.45) is 0 Å². The molecule has 4 nitrogen and oxygen atoms in total. The summed E-state index contributed by atoms with van der Waals surface area (Å²) < 4.78 is 14.4. The van der Waals surface area contributed by atoms with E-state index in [9.17, 15) is 9.65 Å². The summed E-state index contributed by atoms with van der Waals surface area (Å²) in [6, 6.07) is 9.70. The van der Waals surface area contributed by atoms with Crippen LogP contribution >= 0.6 is 0 Å². The van der Waals surface area contributed by atoms with Crippen LogP contribution in [0.4, 0.5) is 4.39 Å². The summed E-state index contributed by atoms with van der Waals surface area (Å²) >= 11 is 0. The van der Waals surface area contributed by atoms with Crippen LogP contribution in [0.25, 0.3) is 16.9 Å². The molecule has 0 N–H and O–H groups in total. The number of halogens is 1. The molecule has 0 spiro atoms. The first kappa shape index (κ1) is 10.4. The standard InChI is InChI=1S/C13H7FN4/c14-10-4-2-9(3-5-10)12-11(8-15)13-16-6-1-7-18(13)17-12/h1-7H. The fourth-order valence-corrected chi connectivity index (χ4v) is 1.80. The maximum atomic E-state index is 12.9. The number of aromatic nitrogens is 3. The van der Waals surface area contributed by atoms with Crippen LogP contribution in [0.3, 0.4) is 0 Å². The van der Waals surface area contributed by atoms with Crippen molar-refractivity contribution in [2.75, 3.05) is 0 Å². The predicted molar refractivity (Wildman–Crippen MR) is 63.1 cm³/mol. The van der Waals surface area contributed by atoms with Crippen LogP contribution in [0.5, 0.6) is 0 Å². The molecule has 0 unspecified atom stereocenters. The van der Waals surface area contributed by atoms with Gasteiger partial charge in [-0.25, -0.2) is 13.9 Å². The van der Waals surface area contributed by atoms with Gasteiger partial charge in [0.2, 0.25) is 0 Å². The molecule has 5 heteroatoms. The highest BCUT2D eigenvalue weighted by Gasteiger charge is 2.14. The average molecular weight is 238 g/mol. The second kappa shape index (κ2) is 3.93. The first-order valence-corrected chi connectivity index (χ1v) is 5.29. The Bertz CT molecular complexity index is 753. The van der Waals surface area contributed by atoms with Crippen LogP contribution in [0.15, 0.2) is 42.7 Å². The van der Waals surface area contributed by atoms with Crippen LogP contribution in [-0.2, 0) is 0 Å². The smallest absolute Gasteiger partial charge is 0.173 e. The number of benzene rings is 1. The topological polar surface area (TPSA) is 54.0 Å². The monoisotopic (exact) mass is 238 g/mol. The van der Waals surface area contributed by atoms with Gasteiger partial charge in [0.05, 0.1) is 0 Å². The molecule has 18 heavy (non-hydrogen) atoms. The first-order valence-electron chi connectivity index (χ1n) is 5.29. The highest BCUT2D eigenvalue weighted by molar-refractivity contribution is 5.74. The third-order valence-electron chi connectivity index (χ3n) is 2.62. The van der Waals surface area contributed by atoms with E-state index in [4.69, 9.17) is 0 Å². The summed E-state index contributed by atoms with van der Waals surface area (Å²) in [6.45, 7) is 0. The molecule has 0 saturated carbocycles. The van der Waals surface area contributed by atoms with Crippen molar-refractivity contribution in [2.45, 2.75) is 0 Å². The van der Waals surface area contributed by atoms with E-state index < -0.39 is 0 Å². The van der Waals surface area contributed by atoms with E-state index in [1.807, 2.05) is 0 Å². The SMILES string of the molecule is N#Cc1c(-c2ccc(F)cc2)nn2cccnc12. The largest absolute Gasteiger partial charge is 0.236 e. The lowest BCUT2D eigenvalue weighted by Gasteiger charge is -1.96. The van der Waals surface area contributed by atoms with E-state index in [1.54, 1.807) is 30.6 Å². The van der Waals surface area contributed by atoms with Crippen molar-refractivity contribution in [3.05, 3.63) is 54.1 Å². The quantitative estimate of drug-likeness (QED) is 0.654. The van der Waals surface area contributed by atoms with Crippen LogP contribution in [0.2, 0.25) is 0 Å². The number of hydrogen-bond acceptors (Lipinski definition) is 3. The Morgan fingerprint density at radius 1 is 1.22 bits per heavy atom. The molecule has 3 rings (SSSR count). The molecule has 3 aromatic rings. The lowest BCUT2D eigenvalue weighted by atomic mass is 10.1. The van der Waals surface area contributed by atoms with Crippen molar-refractivity contribution < 1.29 is 4.39 Å². The van der Waals surface area contributed by atoms with Gasteiger partial charge in [0.1, 0.15) is 23.1 Å². The molecule has 0 aliphatic carbocycles. The summed E-state index contributed by atoms with van der Waals surface area (Å²) in [5.74, 6) is -0.320. The molecule has 0 fully saturated rings. The second-order valence-electron chi connectivity index (χ2n) is 3.73. The number of hydrogen-bond donors (Lipinski definition) is 0. The summed E-state index contributed by atoms with van der Waals surface area (Å²) in [4.78, 5) is 4.12. The summed E-state index contributed by atoms with van der Waals surface area (Å²) in [6.07, 6.45) is 3.32. The Labute approximate surface area is 102 Å². The minimum absolute atomic E-state index is 0.320. The molecule has 1 aromatic carbocycles. The lowest BCUT2D eigenvalue weighted by molar-refractivity contribution is 0.628. The highest BCUT2D eigenvalue weighted by atomic mass is 19.1. The highest BCUT2D eigenvalue weighted by Crippen LogP contribution is 2.24. The van der Waals surface area contributed by atoms with E-state index in [0.717, 1.165) is 0 Å². The maximum Gasteiger partial charge on any atom is 0.173 e. The molecule has 0 saturated heterocycles. The second-order valence-corrected chi connectivity index (χ2v) is 3.73. The van der Waals surface area contributed by atoms with Gasteiger partial charge in [-0.3, -0.25) is 0 Å². The van der Waals surface area contributed by atoms with Crippen molar-refractivity contribution in [3.63, 3.8) is 0 Å². The summed E-state index contributed by atoms with van der Waals surface area (Å²) in [5.41, 5.74) is 2.09. The fourth-order valence-electron chi connectivity index (χ4n) is 1.80. The molecule has 0 radical (unpaired) electrons. The zero-order chi connectivity index (χ0) is 12.5. The van der Waals surface area contributed by atoms with Crippen molar-refractivity contribution in [1.82, 2.24) is 14.6 Å². The Hall–Kier alpha value is -2.74. The number of nitrogens with zero attached hydrogens (tertiary/aromatic N) is 4. The van der Waals surface area contributed by atoms with Gasteiger partial charge in [0.15, 0.2) is 5.65 Å². The predicted octanol–water partition coefficient (Wildman–Crippen LogP) is 2.41. The molecule has 0 aliphatic heterocycles. The van der Waals surface area contributed by atoms with Gasteiger partial charge in [-0.1, -0.05) is 0 Å². The first-order chi connectivity index (χ1) is 8.79. The van der Waals surface area contributed by atoms with E-state index >= 15 is 0 Å². The van der Waals surface area contributed by atoms with Crippen molar-refractivity contribution in [3.8, 4) is 17.3 Å². The number of fused-ring (bicyclic) bond motifs is 1. The molecular weight excluding hydrogens is 231 g/mol. The van der Waals surface area contributed by atoms with Gasteiger partial charge >= 0.3 is 0 Å². The fraction of sp³-hybridized carbons (Fsp3) is 0. The molecule has 0 bridgehead atoms. The van der Waals surface area contributed by atoms with Crippen LogP contribution in [0, 0.1) is 17.1 Å². The Morgan fingerprint density at radius 3 is 2.72 bits per heavy atom. The maximum absolute atomic E-state index is 12.9. The van der Waals surface area contributed by atoms with Crippen LogP contribution in [-0.4, -0.2) is 14.6 Å². The van der Waals surface area contributed by atoms with Crippen molar-refractivity contribution in [1.29, 1.82) is 5.26 Å². The summed E-state index contributed by atoms with van der Waals surface area (Å²) in [5, 5.41) is 13.5. The minimum Gasteiger partial charge on any atom is -0.236 e. The van der Waals surface area contributed by atoms with Gasteiger partial charge in [-0.15, -0.1) is 0 Å². The van der Waals surface area contributed by atoms with Crippen LogP contribution in [0.1, 0.15) is 5.56 Å². The third-order valence-corrected chi connectivity index (χ3v) is 2.62. The number of nitriles is 1. The normalized spacial score (nSPS) is 10.4. The van der Waals surface area contributed by atoms with Crippen molar-refractivity contribution >= 4 is 5.65 Å². The zero-order valence-electron chi connectivity index (χ0n) is 9.21. The number of rotatable bonds is 1. The minimum atomic E-state index is -0.320. The van der Waals surface area contributed by atoms with Gasteiger partial charge < -0.3 is 0 Å². The molecule has 2 aromatic heterocycles. The van der Waals surface area contributed by atoms with Gasteiger partial charge in [0.25, 0.3) is 0 Å². The molecule has 0 atom stereocenters. The van der Waals surface area contributed by atoms with E-state index in [-0.39, 0.29) is 5.82 Å². The van der Waals surface area contributed by atoms with E-state index in [1.165, 1.54) is 16.6 Å². The summed E-state index contributed by atoms with van der Waals surface area (Å²) in [7, 11) is 0. The average Bonchev–Trinajstić information content (AvgIpc) is 2.78. The van der Waals surface area contributed by atoms with Gasteiger partial charge in [-0.2, -0.15) is 10.4 Å². The molecule has 86 valence electrons. The van der Waals surface area contributed by atoms with Gasteiger partial charge in [0, 0.05) is 18.0 Å². The van der Waals surface area contributed by atoms with Gasteiger partial charge in [-0.05, 0) is 30.3 Å². The molecule has 0 aliphatic rings. The van der Waals surface area contributed by atoms with E-state index in [0.29, 0.717) is 22.5 Å². The molecular formula is C13H7FN4. The Balaban J connectivity index is 2.29. The molecule has 0 amide bonds.